The lowest BCUT2D eigenvalue weighted by atomic mass is 9.74. The van der Waals surface area contributed by atoms with Gasteiger partial charge in [-0.2, -0.15) is 0 Å². The Morgan fingerprint density at radius 2 is 1.84 bits per heavy atom. The Kier molecular flexibility index (Phi) is 4.62. The first-order valence-corrected chi connectivity index (χ1v) is 7.43. The molecule has 3 unspecified atom stereocenters. The van der Waals surface area contributed by atoms with Crippen LogP contribution in [0.25, 0.3) is 0 Å². The third-order valence-corrected chi connectivity index (χ3v) is 4.69. The minimum absolute atomic E-state index is 0.306. The minimum atomic E-state index is 0.306. The molecule has 3 atom stereocenters. The normalized spacial score (nSPS) is 27.2. The summed E-state index contributed by atoms with van der Waals surface area (Å²) in [6.45, 7) is 4.59. The number of nitrogen functional groups attached to an aromatic ring is 1. The summed E-state index contributed by atoms with van der Waals surface area (Å²) in [5, 5.41) is 0. The molecular weight excluding hydrogens is 234 g/mol. The molecule has 0 radical (unpaired) electrons. The van der Waals surface area contributed by atoms with Gasteiger partial charge in [0.1, 0.15) is 5.78 Å². The maximum atomic E-state index is 12.3. The predicted molar refractivity (Wildman–Crippen MR) is 79.9 cm³/mol. The van der Waals surface area contributed by atoms with Crippen molar-refractivity contribution in [1.29, 1.82) is 0 Å². The van der Waals surface area contributed by atoms with E-state index in [0.29, 0.717) is 24.0 Å². The number of Topliss-reactive ketones (excluding diaryl/α,β-unsaturated/α-hetero) is 1. The quantitative estimate of drug-likeness (QED) is 0.835. The number of aryl methyl sites for hydroxylation is 1. The van der Waals surface area contributed by atoms with Crippen molar-refractivity contribution in [2.75, 3.05) is 5.73 Å². The van der Waals surface area contributed by atoms with E-state index in [4.69, 9.17) is 5.73 Å². The number of rotatable bonds is 4. The van der Waals surface area contributed by atoms with Gasteiger partial charge in [-0.3, -0.25) is 4.79 Å². The summed E-state index contributed by atoms with van der Waals surface area (Å²) in [5.74, 6) is 2.23. The van der Waals surface area contributed by atoms with Crippen molar-refractivity contribution in [3.8, 4) is 0 Å². The number of benzene rings is 1. The van der Waals surface area contributed by atoms with Crippen LogP contribution >= 0.6 is 0 Å². The van der Waals surface area contributed by atoms with Gasteiger partial charge >= 0.3 is 0 Å². The lowest BCUT2D eigenvalue weighted by Gasteiger charge is -2.31. The zero-order valence-electron chi connectivity index (χ0n) is 12.1. The summed E-state index contributed by atoms with van der Waals surface area (Å²) in [6, 6.07) is 7.86. The molecule has 2 nitrogen and oxygen atoms in total. The molecule has 1 fully saturated rings. The molecule has 0 bridgehead atoms. The first kappa shape index (κ1) is 14.1. The number of hydrogen-bond donors (Lipinski definition) is 1. The number of ketones is 1. The molecule has 2 rings (SSSR count). The van der Waals surface area contributed by atoms with Gasteiger partial charge in [-0.1, -0.05) is 26.0 Å². The fourth-order valence-corrected chi connectivity index (χ4v) is 3.00. The summed E-state index contributed by atoms with van der Waals surface area (Å²) in [5.41, 5.74) is 7.65. The zero-order valence-corrected chi connectivity index (χ0v) is 12.1. The molecule has 1 saturated carbocycles. The highest BCUT2D eigenvalue weighted by atomic mass is 16.1. The number of nitrogens with two attached hydrogens (primary N) is 1. The van der Waals surface area contributed by atoms with Crippen LogP contribution in [0.15, 0.2) is 24.3 Å². The van der Waals surface area contributed by atoms with Crippen LogP contribution in [0.2, 0.25) is 0 Å². The van der Waals surface area contributed by atoms with Gasteiger partial charge in [0.05, 0.1) is 0 Å². The molecule has 1 aromatic carbocycles. The second-order valence-corrected chi connectivity index (χ2v) is 6.17. The van der Waals surface area contributed by atoms with Crippen molar-refractivity contribution in [2.24, 2.45) is 17.8 Å². The largest absolute Gasteiger partial charge is 0.399 e. The predicted octanol–water partition coefficient (Wildman–Crippen LogP) is 3.84. The van der Waals surface area contributed by atoms with E-state index in [1.54, 1.807) is 0 Å². The van der Waals surface area contributed by atoms with Crippen molar-refractivity contribution in [1.82, 2.24) is 0 Å². The van der Waals surface area contributed by atoms with E-state index in [1.165, 1.54) is 12.0 Å². The lowest BCUT2D eigenvalue weighted by molar-refractivity contribution is -0.124. The van der Waals surface area contributed by atoms with E-state index in [0.717, 1.165) is 30.9 Å². The third-order valence-electron chi connectivity index (χ3n) is 4.69. The average molecular weight is 259 g/mol. The number of carbonyl (C=O) groups excluding carboxylic acids is 1. The maximum Gasteiger partial charge on any atom is 0.136 e. The third kappa shape index (κ3) is 3.82. The Bertz CT molecular complexity index is 423. The molecule has 1 aliphatic rings. The van der Waals surface area contributed by atoms with Crippen molar-refractivity contribution in [2.45, 2.75) is 46.0 Å². The molecule has 19 heavy (non-hydrogen) atoms. The minimum Gasteiger partial charge on any atom is -0.399 e. The van der Waals surface area contributed by atoms with E-state index >= 15 is 0 Å². The molecule has 0 saturated heterocycles. The van der Waals surface area contributed by atoms with Crippen LogP contribution in [0, 0.1) is 17.8 Å². The summed E-state index contributed by atoms with van der Waals surface area (Å²) in [7, 11) is 0. The van der Waals surface area contributed by atoms with E-state index in [1.807, 2.05) is 24.3 Å². The molecule has 0 amide bonds. The molecule has 0 aromatic heterocycles. The Labute approximate surface area is 116 Å². The van der Waals surface area contributed by atoms with E-state index in [2.05, 4.69) is 13.8 Å². The van der Waals surface area contributed by atoms with Crippen molar-refractivity contribution < 1.29 is 4.79 Å². The lowest BCUT2D eigenvalue weighted by Crippen LogP contribution is -2.26. The molecule has 0 heterocycles. The van der Waals surface area contributed by atoms with Gasteiger partial charge in [-0.05, 0) is 55.2 Å². The zero-order chi connectivity index (χ0) is 13.8. The van der Waals surface area contributed by atoms with Crippen LogP contribution in [-0.4, -0.2) is 5.78 Å². The maximum absolute atomic E-state index is 12.3. The van der Waals surface area contributed by atoms with Crippen LogP contribution in [0.3, 0.4) is 0 Å². The van der Waals surface area contributed by atoms with Crippen LogP contribution < -0.4 is 5.73 Å². The van der Waals surface area contributed by atoms with Crippen molar-refractivity contribution in [3.05, 3.63) is 29.8 Å². The highest BCUT2D eigenvalue weighted by molar-refractivity contribution is 5.81. The van der Waals surface area contributed by atoms with Gasteiger partial charge < -0.3 is 5.73 Å². The van der Waals surface area contributed by atoms with Crippen LogP contribution in [0.4, 0.5) is 5.69 Å². The standard InChI is InChI=1S/C17H25NO/c1-12-3-7-15(11-13(12)2)17(19)10-6-14-4-8-16(18)9-5-14/h4-5,8-9,12-13,15H,3,6-7,10-11,18H2,1-2H3. The molecule has 1 aliphatic carbocycles. The Morgan fingerprint density at radius 1 is 1.16 bits per heavy atom. The van der Waals surface area contributed by atoms with Crippen molar-refractivity contribution in [3.63, 3.8) is 0 Å². The number of anilines is 1. The van der Waals surface area contributed by atoms with Gasteiger partial charge in [0.2, 0.25) is 0 Å². The average Bonchev–Trinajstić information content (AvgIpc) is 2.41. The molecule has 2 N–H and O–H groups in total. The van der Waals surface area contributed by atoms with Gasteiger partial charge in [0, 0.05) is 18.0 Å². The second kappa shape index (κ2) is 6.23. The van der Waals surface area contributed by atoms with Gasteiger partial charge in [-0.15, -0.1) is 0 Å². The number of carbonyl (C=O) groups is 1. The summed E-state index contributed by atoms with van der Waals surface area (Å²) >= 11 is 0. The fourth-order valence-electron chi connectivity index (χ4n) is 3.00. The van der Waals surface area contributed by atoms with Crippen LogP contribution in [0.5, 0.6) is 0 Å². The molecule has 0 aliphatic heterocycles. The smallest absolute Gasteiger partial charge is 0.136 e. The Balaban J connectivity index is 1.83. The topological polar surface area (TPSA) is 43.1 Å². The van der Waals surface area contributed by atoms with Crippen LogP contribution in [0.1, 0.15) is 45.1 Å². The van der Waals surface area contributed by atoms with Gasteiger partial charge in [0.25, 0.3) is 0 Å². The number of hydrogen-bond acceptors (Lipinski definition) is 2. The van der Waals surface area contributed by atoms with E-state index in [-0.39, 0.29) is 0 Å². The Hall–Kier alpha value is -1.31. The van der Waals surface area contributed by atoms with Crippen molar-refractivity contribution >= 4 is 11.5 Å². The first-order valence-electron chi connectivity index (χ1n) is 7.43. The summed E-state index contributed by atoms with van der Waals surface area (Å²) in [4.78, 5) is 12.3. The highest BCUT2D eigenvalue weighted by Gasteiger charge is 2.28. The fraction of sp³-hybridized carbons (Fsp3) is 0.588. The molecule has 2 heteroatoms. The highest BCUT2D eigenvalue weighted by Crippen LogP contribution is 2.34. The second-order valence-electron chi connectivity index (χ2n) is 6.17. The van der Waals surface area contributed by atoms with Gasteiger partial charge in [0.15, 0.2) is 0 Å². The monoisotopic (exact) mass is 259 g/mol. The summed E-state index contributed by atoms with van der Waals surface area (Å²) in [6.07, 6.45) is 4.91. The van der Waals surface area contributed by atoms with E-state index in [9.17, 15) is 4.79 Å². The molecule has 0 spiro atoms. The first-order chi connectivity index (χ1) is 9.06. The molecule has 104 valence electrons. The van der Waals surface area contributed by atoms with Crippen LogP contribution in [-0.2, 0) is 11.2 Å². The molecular formula is C17H25NO. The van der Waals surface area contributed by atoms with Gasteiger partial charge in [-0.25, -0.2) is 0 Å². The van der Waals surface area contributed by atoms with E-state index < -0.39 is 0 Å². The Morgan fingerprint density at radius 3 is 2.47 bits per heavy atom. The summed E-state index contributed by atoms with van der Waals surface area (Å²) < 4.78 is 0. The SMILES string of the molecule is CC1CCC(C(=O)CCc2ccc(N)cc2)CC1C. The molecule has 1 aromatic rings.